The molecule has 19 heavy (non-hydrogen) atoms. The number of nitrogens with zero attached hydrogens (tertiary/aromatic N) is 3. The summed E-state index contributed by atoms with van der Waals surface area (Å²) in [5.41, 5.74) is 10.3. The Morgan fingerprint density at radius 2 is 1.95 bits per heavy atom. The van der Waals surface area contributed by atoms with Crippen LogP contribution in [0.3, 0.4) is 0 Å². The minimum absolute atomic E-state index is 0.591. The molecule has 102 valence electrons. The summed E-state index contributed by atoms with van der Waals surface area (Å²) in [6.45, 7) is 6.62. The van der Waals surface area contributed by atoms with Crippen molar-refractivity contribution >= 4 is 5.69 Å². The van der Waals surface area contributed by atoms with Crippen LogP contribution in [0.1, 0.15) is 23.9 Å². The van der Waals surface area contributed by atoms with Crippen LogP contribution in [0.2, 0.25) is 0 Å². The first-order valence-corrected chi connectivity index (χ1v) is 6.67. The topological polar surface area (TPSA) is 47.1 Å². The zero-order chi connectivity index (χ0) is 13.8. The minimum atomic E-state index is 0.591. The van der Waals surface area contributed by atoms with Crippen molar-refractivity contribution in [2.24, 2.45) is 12.8 Å². The molecule has 0 aliphatic carbocycles. The highest BCUT2D eigenvalue weighted by atomic mass is 15.3. The second kappa shape index (κ2) is 5.89. The first-order chi connectivity index (χ1) is 9.13. The number of benzene rings is 1. The fourth-order valence-corrected chi connectivity index (χ4v) is 2.24. The molecule has 0 amide bonds. The summed E-state index contributed by atoms with van der Waals surface area (Å²) in [6.07, 6.45) is 0. The van der Waals surface area contributed by atoms with Gasteiger partial charge in [-0.15, -0.1) is 0 Å². The molecule has 2 rings (SSSR count). The largest absolute Gasteiger partial charge is 0.366 e. The van der Waals surface area contributed by atoms with Crippen LogP contribution in [-0.2, 0) is 20.1 Å². The van der Waals surface area contributed by atoms with Crippen LogP contribution in [0.4, 0.5) is 5.69 Å². The SMILES string of the molecule is CCN(Cc1cc(C)nn1C)c1ccc(CN)cc1. The van der Waals surface area contributed by atoms with Crippen molar-refractivity contribution in [3.63, 3.8) is 0 Å². The summed E-state index contributed by atoms with van der Waals surface area (Å²) in [5.74, 6) is 0. The van der Waals surface area contributed by atoms with E-state index in [1.54, 1.807) is 0 Å². The third kappa shape index (κ3) is 3.15. The van der Waals surface area contributed by atoms with Gasteiger partial charge in [-0.2, -0.15) is 5.10 Å². The van der Waals surface area contributed by atoms with Crippen LogP contribution >= 0.6 is 0 Å². The highest BCUT2D eigenvalue weighted by Gasteiger charge is 2.09. The van der Waals surface area contributed by atoms with Crippen molar-refractivity contribution in [2.45, 2.75) is 26.9 Å². The second-order valence-electron chi connectivity index (χ2n) is 4.79. The number of aromatic nitrogens is 2. The first-order valence-electron chi connectivity index (χ1n) is 6.67. The lowest BCUT2D eigenvalue weighted by Crippen LogP contribution is -2.23. The molecule has 0 atom stereocenters. The van der Waals surface area contributed by atoms with Crippen LogP contribution in [0.5, 0.6) is 0 Å². The Morgan fingerprint density at radius 1 is 1.26 bits per heavy atom. The van der Waals surface area contributed by atoms with Gasteiger partial charge in [0.2, 0.25) is 0 Å². The molecule has 0 spiro atoms. The second-order valence-corrected chi connectivity index (χ2v) is 4.79. The Bertz CT molecular complexity index is 528. The van der Waals surface area contributed by atoms with Gasteiger partial charge in [0, 0.05) is 25.8 Å². The van der Waals surface area contributed by atoms with Crippen molar-refractivity contribution in [3.05, 3.63) is 47.3 Å². The summed E-state index contributed by atoms with van der Waals surface area (Å²) >= 11 is 0. The van der Waals surface area contributed by atoms with E-state index >= 15 is 0 Å². The summed E-state index contributed by atoms with van der Waals surface area (Å²) in [7, 11) is 1.99. The number of hydrogen-bond acceptors (Lipinski definition) is 3. The van der Waals surface area contributed by atoms with E-state index in [9.17, 15) is 0 Å². The number of nitrogens with two attached hydrogens (primary N) is 1. The van der Waals surface area contributed by atoms with Gasteiger partial charge < -0.3 is 10.6 Å². The molecule has 2 aromatic rings. The average Bonchev–Trinajstić information content (AvgIpc) is 2.74. The van der Waals surface area contributed by atoms with E-state index in [2.05, 4.69) is 47.3 Å². The number of aryl methyl sites for hydroxylation is 2. The Hall–Kier alpha value is -1.81. The van der Waals surface area contributed by atoms with Crippen LogP contribution < -0.4 is 10.6 Å². The predicted octanol–water partition coefficient (Wildman–Crippen LogP) is 2.21. The number of rotatable bonds is 5. The van der Waals surface area contributed by atoms with Gasteiger partial charge in [-0.05, 0) is 37.6 Å². The molecule has 0 aliphatic rings. The van der Waals surface area contributed by atoms with Gasteiger partial charge in [0.05, 0.1) is 17.9 Å². The molecular weight excluding hydrogens is 236 g/mol. The predicted molar refractivity (Wildman–Crippen MR) is 79.0 cm³/mol. The van der Waals surface area contributed by atoms with Crippen LogP contribution in [0.15, 0.2) is 30.3 Å². The fraction of sp³-hybridized carbons (Fsp3) is 0.400. The Balaban J connectivity index is 2.17. The molecule has 0 bridgehead atoms. The maximum atomic E-state index is 5.63. The van der Waals surface area contributed by atoms with Gasteiger partial charge in [-0.1, -0.05) is 12.1 Å². The first kappa shape index (κ1) is 13.6. The maximum absolute atomic E-state index is 5.63. The monoisotopic (exact) mass is 258 g/mol. The molecule has 2 N–H and O–H groups in total. The van der Waals surface area contributed by atoms with Crippen LogP contribution in [-0.4, -0.2) is 16.3 Å². The summed E-state index contributed by atoms with van der Waals surface area (Å²) in [5, 5.41) is 4.39. The smallest absolute Gasteiger partial charge is 0.0598 e. The normalized spacial score (nSPS) is 10.7. The Morgan fingerprint density at radius 3 is 2.42 bits per heavy atom. The Kier molecular flexibility index (Phi) is 4.22. The zero-order valence-electron chi connectivity index (χ0n) is 11.9. The molecular formula is C15H22N4. The van der Waals surface area contributed by atoms with Crippen molar-refractivity contribution in [3.8, 4) is 0 Å². The lowest BCUT2D eigenvalue weighted by Gasteiger charge is -2.23. The molecule has 0 unspecified atom stereocenters. The van der Waals surface area contributed by atoms with E-state index in [0.29, 0.717) is 6.54 Å². The van der Waals surface area contributed by atoms with Crippen molar-refractivity contribution in [1.82, 2.24) is 9.78 Å². The Labute approximate surface area is 114 Å². The van der Waals surface area contributed by atoms with E-state index in [4.69, 9.17) is 5.73 Å². The lowest BCUT2D eigenvalue weighted by atomic mass is 10.2. The molecule has 0 aliphatic heterocycles. The van der Waals surface area contributed by atoms with Crippen LogP contribution in [0, 0.1) is 6.92 Å². The molecule has 0 saturated heterocycles. The quantitative estimate of drug-likeness (QED) is 0.894. The summed E-state index contributed by atoms with van der Waals surface area (Å²) < 4.78 is 1.95. The standard InChI is InChI=1S/C15H22N4/c1-4-19(11-15-9-12(2)17-18(15)3)14-7-5-13(10-16)6-8-14/h5-9H,4,10-11,16H2,1-3H3. The highest BCUT2D eigenvalue weighted by molar-refractivity contribution is 5.47. The van der Waals surface area contributed by atoms with Gasteiger partial charge in [0.15, 0.2) is 0 Å². The molecule has 1 heterocycles. The lowest BCUT2D eigenvalue weighted by molar-refractivity contribution is 0.681. The van der Waals surface area contributed by atoms with Crippen molar-refractivity contribution < 1.29 is 0 Å². The average molecular weight is 258 g/mol. The summed E-state index contributed by atoms with van der Waals surface area (Å²) in [4.78, 5) is 2.33. The zero-order valence-corrected chi connectivity index (χ0v) is 11.9. The highest BCUT2D eigenvalue weighted by Crippen LogP contribution is 2.18. The van der Waals surface area contributed by atoms with Gasteiger partial charge >= 0.3 is 0 Å². The van der Waals surface area contributed by atoms with E-state index in [1.807, 2.05) is 18.7 Å². The summed E-state index contributed by atoms with van der Waals surface area (Å²) in [6, 6.07) is 10.6. The number of anilines is 1. The fourth-order valence-electron chi connectivity index (χ4n) is 2.24. The minimum Gasteiger partial charge on any atom is -0.366 e. The molecule has 1 aromatic carbocycles. The van der Waals surface area contributed by atoms with Crippen molar-refractivity contribution in [1.29, 1.82) is 0 Å². The van der Waals surface area contributed by atoms with E-state index in [-0.39, 0.29) is 0 Å². The molecule has 0 radical (unpaired) electrons. The molecule has 4 heteroatoms. The van der Waals surface area contributed by atoms with Gasteiger partial charge in [-0.25, -0.2) is 0 Å². The van der Waals surface area contributed by atoms with E-state index in [0.717, 1.165) is 24.3 Å². The van der Waals surface area contributed by atoms with Gasteiger partial charge in [0.25, 0.3) is 0 Å². The van der Waals surface area contributed by atoms with Crippen molar-refractivity contribution in [2.75, 3.05) is 11.4 Å². The van der Waals surface area contributed by atoms with E-state index < -0.39 is 0 Å². The third-order valence-electron chi connectivity index (χ3n) is 3.37. The van der Waals surface area contributed by atoms with Crippen LogP contribution in [0.25, 0.3) is 0 Å². The molecule has 0 fully saturated rings. The third-order valence-corrected chi connectivity index (χ3v) is 3.37. The molecule has 4 nitrogen and oxygen atoms in total. The van der Waals surface area contributed by atoms with Gasteiger partial charge in [-0.3, -0.25) is 4.68 Å². The number of hydrogen-bond donors (Lipinski definition) is 1. The van der Waals surface area contributed by atoms with E-state index in [1.165, 1.54) is 11.4 Å². The molecule has 0 saturated carbocycles. The molecule has 1 aromatic heterocycles. The maximum Gasteiger partial charge on any atom is 0.0598 e. The van der Waals surface area contributed by atoms with Gasteiger partial charge in [0.1, 0.15) is 0 Å².